The van der Waals surface area contributed by atoms with Gasteiger partial charge in [-0.25, -0.2) is 8.42 Å². The van der Waals surface area contributed by atoms with Crippen LogP contribution in [-0.4, -0.2) is 66.8 Å². The van der Waals surface area contributed by atoms with Crippen molar-refractivity contribution in [2.75, 3.05) is 32.8 Å². The van der Waals surface area contributed by atoms with Crippen molar-refractivity contribution >= 4 is 21.8 Å². The number of amides is 2. The van der Waals surface area contributed by atoms with Gasteiger partial charge in [0.2, 0.25) is 10.0 Å². The third-order valence-electron chi connectivity index (χ3n) is 5.51. The Balaban J connectivity index is 1.61. The molecule has 0 radical (unpaired) electrons. The molecule has 1 aliphatic heterocycles. The number of sulfonamides is 1. The van der Waals surface area contributed by atoms with E-state index in [1.807, 2.05) is 24.3 Å². The number of nitrogens with zero attached hydrogens (tertiary/aromatic N) is 3. The van der Waals surface area contributed by atoms with E-state index in [9.17, 15) is 18.0 Å². The van der Waals surface area contributed by atoms with Gasteiger partial charge in [0.05, 0.1) is 0 Å². The van der Waals surface area contributed by atoms with Crippen LogP contribution in [0.4, 0.5) is 0 Å². The second-order valence-corrected chi connectivity index (χ2v) is 10.8. The number of rotatable bonds is 6. The maximum absolute atomic E-state index is 12.9. The topological polar surface area (TPSA) is 115 Å². The monoisotopic (exact) mass is 462 g/mol. The number of piperazine rings is 1. The van der Waals surface area contributed by atoms with Crippen LogP contribution in [-0.2, 0) is 27.3 Å². The molecule has 3 rings (SSSR count). The molecule has 1 aromatic heterocycles. The molecule has 0 saturated carbocycles. The number of para-hydroxylation sites is 1. The molecule has 0 bridgehead atoms. The van der Waals surface area contributed by atoms with Gasteiger partial charge in [0.1, 0.15) is 16.3 Å². The first-order valence-corrected chi connectivity index (χ1v) is 11.8. The Morgan fingerprint density at radius 1 is 1.09 bits per heavy atom. The van der Waals surface area contributed by atoms with Crippen LogP contribution in [0.2, 0.25) is 0 Å². The van der Waals surface area contributed by atoms with Crippen LogP contribution >= 0.6 is 0 Å². The standard InChI is InChI=1S/C22H30N4O5S/c1-22(2,3)17-7-5-6-8-19(17)31-15-20(27)25-9-11-26(12-10-25)32(29,30)16-13-18(21(23)28)24(4)14-16/h5-8,13-14H,9-12,15H2,1-4H3,(H2,23,28). The van der Waals surface area contributed by atoms with Crippen LogP contribution in [0.5, 0.6) is 5.75 Å². The summed E-state index contributed by atoms with van der Waals surface area (Å²) in [5.41, 5.74) is 6.29. The van der Waals surface area contributed by atoms with Crippen LogP contribution < -0.4 is 10.5 Å². The molecule has 1 aromatic carbocycles. The third kappa shape index (κ3) is 4.97. The van der Waals surface area contributed by atoms with Crippen molar-refractivity contribution in [1.82, 2.24) is 13.8 Å². The van der Waals surface area contributed by atoms with E-state index in [1.54, 1.807) is 11.9 Å². The highest BCUT2D eigenvalue weighted by molar-refractivity contribution is 7.89. The van der Waals surface area contributed by atoms with Gasteiger partial charge in [0.25, 0.3) is 11.8 Å². The van der Waals surface area contributed by atoms with Gasteiger partial charge in [0, 0.05) is 39.4 Å². The summed E-state index contributed by atoms with van der Waals surface area (Å²) in [4.78, 5) is 25.7. The van der Waals surface area contributed by atoms with Gasteiger partial charge in [-0.2, -0.15) is 4.31 Å². The van der Waals surface area contributed by atoms with Gasteiger partial charge >= 0.3 is 0 Å². The van der Waals surface area contributed by atoms with Gasteiger partial charge in [-0.15, -0.1) is 0 Å². The Bertz CT molecular complexity index is 1110. The number of hydrogen-bond acceptors (Lipinski definition) is 5. The number of primary amides is 1. The van der Waals surface area contributed by atoms with Crippen molar-refractivity contribution < 1.29 is 22.7 Å². The summed E-state index contributed by atoms with van der Waals surface area (Å²) < 4.78 is 34.4. The molecule has 32 heavy (non-hydrogen) atoms. The smallest absolute Gasteiger partial charge is 0.265 e. The summed E-state index contributed by atoms with van der Waals surface area (Å²) in [7, 11) is -2.23. The zero-order valence-electron chi connectivity index (χ0n) is 18.9. The average molecular weight is 463 g/mol. The number of ether oxygens (including phenoxy) is 1. The number of aryl methyl sites for hydroxylation is 1. The normalized spacial score (nSPS) is 15.6. The fourth-order valence-corrected chi connectivity index (χ4v) is 5.18. The predicted octanol–water partition coefficient (Wildman–Crippen LogP) is 1.33. The summed E-state index contributed by atoms with van der Waals surface area (Å²) in [5.74, 6) is -0.220. The van der Waals surface area contributed by atoms with Gasteiger partial charge in [-0.1, -0.05) is 39.0 Å². The lowest BCUT2D eigenvalue weighted by Gasteiger charge is -2.34. The Hall–Kier alpha value is -2.85. The van der Waals surface area contributed by atoms with Crippen LogP contribution in [0, 0.1) is 0 Å². The first-order chi connectivity index (χ1) is 14.9. The molecule has 10 heteroatoms. The summed E-state index contributed by atoms with van der Waals surface area (Å²) in [6.07, 6.45) is 1.37. The molecule has 2 amide bonds. The molecule has 2 aromatic rings. The fourth-order valence-electron chi connectivity index (χ4n) is 3.69. The highest BCUT2D eigenvalue weighted by Crippen LogP contribution is 2.31. The van der Waals surface area contributed by atoms with E-state index in [-0.39, 0.29) is 54.7 Å². The van der Waals surface area contributed by atoms with Crippen molar-refractivity contribution in [2.24, 2.45) is 12.8 Å². The molecule has 0 aliphatic carbocycles. The molecule has 2 N–H and O–H groups in total. The van der Waals surface area contributed by atoms with E-state index >= 15 is 0 Å². The summed E-state index contributed by atoms with van der Waals surface area (Å²) >= 11 is 0. The SMILES string of the molecule is Cn1cc(S(=O)(=O)N2CCN(C(=O)COc3ccccc3C(C)(C)C)CC2)cc1C(N)=O. The predicted molar refractivity (Wildman–Crippen MR) is 120 cm³/mol. The molecule has 0 spiro atoms. The Kier molecular flexibility index (Phi) is 6.66. The van der Waals surface area contributed by atoms with Gasteiger partial charge in [-0.3, -0.25) is 9.59 Å². The number of carbonyl (C=O) groups is 2. The molecule has 2 heterocycles. The second kappa shape index (κ2) is 8.95. The van der Waals surface area contributed by atoms with Crippen LogP contribution in [0.15, 0.2) is 41.4 Å². The molecule has 1 fully saturated rings. The Morgan fingerprint density at radius 3 is 2.28 bits per heavy atom. The van der Waals surface area contributed by atoms with Crippen LogP contribution in [0.3, 0.4) is 0 Å². The van der Waals surface area contributed by atoms with E-state index < -0.39 is 15.9 Å². The Morgan fingerprint density at radius 2 is 1.72 bits per heavy atom. The highest BCUT2D eigenvalue weighted by Gasteiger charge is 2.32. The molecule has 0 unspecified atom stereocenters. The van der Waals surface area contributed by atoms with Crippen molar-refractivity contribution in [1.29, 1.82) is 0 Å². The minimum absolute atomic E-state index is 0.00990. The maximum atomic E-state index is 12.9. The highest BCUT2D eigenvalue weighted by atomic mass is 32.2. The van der Waals surface area contributed by atoms with E-state index in [4.69, 9.17) is 10.5 Å². The molecular weight excluding hydrogens is 432 g/mol. The van der Waals surface area contributed by atoms with Crippen molar-refractivity contribution in [3.8, 4) is 5.75 Å². The average Bonchev–Trinajstić information content (AvgIpc) is 3.14. The van der Waals surface area contributed by atoms with E-state index in [2.05, 4.69) is 20.8 Å². The third-order valence-corrected chi connectivity index (χ3v) is 7.37. The zero-order chi connectivity index (χ0) is 23.7. The number of nitrogens with two attached hydrogens (primary N) is 1. The lowest BCUT2D eigenvalue weighted by atomic mass is 9.86. The fraction of sp³-hybridized carbons (Fsp3) is 0.455. The van der Waals surface area contributed by atoms with Crippen molar-refractivity contribution in [2.45, 2.75) is 31.1 Å². The van der Waals surface area contributed by atoms with E-state index in [0.29, 0.717) is 5.75 Å². The summed E-state index contributed by atoms with van der Waals surface area (Å²) in [6, 6.07) is 8.91. The molecule has 0 atom stereocenters. The summed E-state index contributed by atoms with van der Waals surface area (Å²) in [6.45, 7) is 6.97. The summed E-state index contributed by atoms with van der Waals surface area (Å²) in [5, 5.41) is 0. The number of hydrogen-bond donors (Lipinski definition) is 1. The van der Waals surface area contributed by atoms with E-state index in [0.717, 1.165) is 5.56 Å². The quantitative estimate of drug-likeness (QED) is 0.696. The minimum atomic E-state index is -3.79. The van der Waals surface area contributed by atoms with Gasteiger partial charge < -0.3 is 19.9 Å². The van der Waals surface area contributed by atoms with Gasteiger partial charge in [-0.05, 0) is 23.1 Å². The zero-order valence-corrected chi connectivity index (χ0v) is 19.7. The van der Waals surface area contributed by atoms with Crippen LogP contribution in [0.1, 0.15) is 36.8 Å². The molecule has 174 valence electrons. The molecule has 1 aliphatic rings. The second-order valence-electron chi connectivity index (χ2n) is 8.86. The first kappa shape index (κ1) is 23.8. The molecule has 9 nitrogen and oxygen atoms in total. The maximum Gasteiger partial charge on any atom is 0.265 e. The lowest BCUT2D eigenvalue weighted by molar-refractivity contribution is -0.134. The number of carbonyl (C=O) groups excluding carboxylic acids is 2. The van der Waals surface area contributed by atoms with Gasteiger partial charge in [0.15, 0.2) is 6.61 Å². The molecule has 1 saturated heterocycles. The lowest BCUT2D eigenvalue weighted by Crippen LogP contribution is -2.51. The number of benzene rings is 1. The van der Waals surface area contributed by atoms with Crippen molar-refractivity contribution in [3.05, 3.63) is 47.8 Å². The largest absolute Gasteiger partial charge is 0.483 e. The minimum Gasteiger partial charge on any atom is -0.483 e. The van der Waals surface area contributed by atoms with Crippen LogP contribution in [0.25, 0.3) is 0 Å². The van der Waals surface area contributed by atoms with Crippen molar-refractivity contribution in [3.63, 3.8) is 0 Å². The Labute approximate surface area is 188 Å². The number of aromatic nitrogens is 1. The molecular formula is C22H30N4O5S. The first-order valence-electron chi connectivity index (χ1n) is 10.4. The van der Waals surface area contributed by atoms with E-state index in [1.165, 1.54) is 21.1 Å².